The SMILES string of the molecule is CN(C(N)=O)c1nc2cc(-c3cnc(C(C)(C)O)nc3)cc(-c3ccccn3)c2s1. The lowest BCUT2D eigenvalue weighted by atomic mass is 10.0. The summed E-state index contributed by atoms with van der Waals surface area (Å²) in [5.74, 6) is 0.344. The summed E-state index contributed by atoms with van der Waals surface area (Å²) >= 11 is 1.37. The van der Waals surface area contributed by atoms with E-state index in [0.717, 1.165) is 27.1 Å². The first-order chi connectivity index (χ1) is 14.2. The number of urea groups is 1. The number of hydrogen-bond acceptors (Lipinski definition) is 7. The van der Waals surface area contributed by atoms with E-state index in [9.17, 15) is 9.90 Å². The van der Waals surface area contributed by atoms with Crippen LogP contribution in [0.3, 0.4) is 0 Å². The predicted molar refractivity (Wildman–Crippen MR) is 117 cm³/mol. The molecule has 8 nitrogen and oxygen atoms in total. The van der Waals surface area contributed by atoms with Crippen LogP contribution < -0.4 is 10.6 Å². The van der Waals surface area contributed by atoms with Crippen LogP contribution in [0, 0.1) is 0 Å². The van der Waals surface area contributed by atoms with Gasteiger partial charge in [-0.3, -0.25) is 9.88 Å². The van der Waals surface area contributed by atoms with Crippen molar-refractivity contribution in [1.82, 2.24) is 19.9 Å². The van der Waals surface area contributed by atoms with E-state index in [4.69, 9.17) is 5.73 Å². The van der Waals surface area contributed by atoms with Gasteiger partial charge >= 0.3 is 6.03 Å². The Bertz CT molecular complexity index is 1220. The van der Waals surface area contributed by atoms with Crippen LogP contribution in [0.5, 0.6) is 0 Å². The molecule has 0 aliphatic heterocycles. The third-order valence-corrected chi connectivity index (χ3v) is 5.75. The van der Waals surface area contributed by atoms with Crippen molar-refractivity contribution >= 4 is 32.7 Å². The highest BCUT2D eigenvalue weighted by atomic mass is 32.1. The largest absolute Gasteiger partial charge is 0.382 e. The number of hydrogen-bond donors (Lipinski definition) is 2. The van der Waals surface area contributed by atoms with Gasteiger partial charge in [0.2, 0.25) is 0 Å². The number of benzene rings is 1. The third-order valence-electron chi connectivity index (χ3n) is 4.57. The second-order valence-electron chi connectivity index (χ2n) is 7.34. The molecule has 0 aliphatic rings. The number of aliphatic hydroxyl groups is 1. The number of carbonyl (C=O) groups excluding carboxylic acids is 1. The van der Waals surface area contributed by atoms with Gasteiger partial charge < -0.3 is 10.8 Å². The second-order valence-corrected chi connectivity index (χ2v) is 8.31. The molecule has 9 heteroatoms. The summed E-state index contributed by atoms with van der Waals surface area (Å²) in [6.45, 7) is 3.28. The standard InChI is InChI=1S/C21H20N6O2S/c1-21(2,29)18-24-10-13(11-25-18)12-8-14(15-6-4-5-7-23-15)17-16(9-12)26-20(30-17)27(3)19(22)28/h4-11,29H,1-3H3,(H2,22,28). The lowest BCUT2D eigenvalue weighted by molar-refractivity contribution is 0.0687. The molecule has 4 aromatic rings. The lowest BCUT2D eigenvalue weighted by Crippen LogP contribution is -2.31. The summed E-state index contributed by atoms with van der Waals surface area (Å²) in [5.41, 5.74) is 8.31. The van der Waals surface area contributed by atoms with E-state index < -0.39 is 11.6 Å². The zero-order chi connectivity index (χ0) is 21.5. The number of thiazole rings is 1. The summed E-state index contributed by atoms with van der Waals surface area (Å²) in [4.78, 5) is 30.6. The maximum Gasteiger partial charge on any atom is 0.320 e. The molecule has 4 rings (SSSR count). The molecular formula is C21H20N6O2S. The number of fused-ring (bicyclic) bond motifs is 1. The van der Waals surface area contributed by atoms with Gasteiger partial charge in [0.05, 0.1) is 15.9 Å². The first-order valence-corrected chi connectivity index (χ1v) is 10.00. The van der Waals surface area contributed by atoms with E-state index in [2.05, 4.69) is 19.9 Å². The molecule has 0 radical (unpaired) electrons. The number of anilines is 1. The van der Waals surface area contributed by atoms with Gasteiger partial charge in [-0.05, 0) is 43.7 Å². The van der Waals surface area contributed by atoms with Crippen LogP contribution in [-0.2, 0) is 5.60 Å². The van der Waals surface area contributed by atoms with Gasteiger partial charge in [0.15, 0.2) is 11.0 Å². The summed E-state index contributed by atoms with van der Waals surface area (Å²) in [6, 6.07) is 9.03. The van der Waals surface area contributed by atoms with Crippen molar-refractivity contribution in [1.29, 1.82) is 0 Å². The molecule has 0 unspecified atom stereocenters. The van der Waals surface area contributed by atoms with Gasteiger partial charge in [0.1, 0.15) is 5.60 Å². The van der Waals surface area contributed by atoms with E-state index in [1.165, 1.54) is 16.2 Å². The molecule has 0 spiro atoms. The fourth-order valence-electron chi connectivity index (χ4n) is 2.93. The van der Waals surface area contributed by atoms with Crippen LogP contribution >= 0.6 is 11.3 Å². The summed E-state index contributed by atoms with van der Waals surface area (Å²) in [5, 5.41) is 10.6. The maximum atomic E-state index is 11.6. The maximum absolute atomic E-state index is 11.6. The monoisotopic (exact) mass is 420 g/mol. The Morgan fingerprint density at radius 3 is 2.47 bits per heavy atom. The molecule has 3 N–H and O–H groups in total. The minimum atomic E-state index is -1.12. The number of amides is 2. The Morgan fingerprint density at radius 1 is 1.13 bits per heavy atom. The minimum absolute atomic E-state index is 0.344. The summed E-state index contributed by atoms with van der Waals surface area (Å²) in [6.07, 6.45) is 5.07. The van der Waals surface area contributed by atoms with Crippen LogP contribution in [0.15, 0.2) is 48.9 Å². The molecule has 1 aromatic carbocycles. The average molecular weight is 420 g/mol. The normalized spacial score (nSPS) is 11.6. The number of primary amides is 1. The van der Waals surface area contributed by atoms with Gasteiger partial charge in [-0.25, -0.2) is 19.7 Å². The van der Waals surface area contributed by atoms with Gasteiger partial charge in [0, 0.05) is 36.8 Å². The van der Waals surface area contributed by atoms with Gasteiger partial charge in [-0.2, -0.15) is 0 Å². The average Bonchev–Trinajstić information content (AvgIpc) is 3.16. The van der Waals surface area contributed by atoms with Gasteiger partial charge in [0.25, 0.3) is 0 Å². The molecule has 2 amide bonds. The lowest BCUT2D eigenvalue weighted by Gasteiger charge is -2.15. The van der Waals surface area contributed by atoms with Crippen molar-refractivity contribution in [2.45, 2.75) is 19.4 Å². The molecule has 3 aromatic heterocycles. The first kappa shape index (κ1) is 19.9. The van der Waals surface area contributed by atoms with E-state index in [0.29, 0.717) is 16.5 Å². The highest BCUT2D eigenvalue weighted by Gasteiger charge is 2.20. The molecule has 152 valence electrons. The number of nitrogens with two attached hydrogens (primary N) is 1. The topological polar surface area (TPSA) is 118 Å². The number of nitrogens with zero attached hydrogens (tertiary/aromatic N) is 5. The van der Waals surface area contributed by atoms with Crippen LogP contribution in [0.1, 0.15) is 19.7 Å². The Balaban J connectivity index is 1.90. The summed E-state index contributed by atoms with van der Waals surface area (Å²) in [7, 11) is 1.59. The van der Waals surface area contributed by atoms with Crippen LogP contribution in [0.4, 0.5) is 9.93 Å². The molecule has 0 atom stereocenters. The number of rotatable bonds is 4. The van der Waals surface area contributed by atoms with Crippen molar-refractivity contribution in [3.63, 3.8) is 0 Å². The van der Waals surface area contributed by atoms with Gasteiger partial charge in [-0.1, -0.05) is 17.4 Å². The molecule has 3 heterocycles. The van der Waals surface area contributed by atoms with Crippen molar-refractivity contribution < 1.29 is 9.90 Å². The predicted octanol–water partition coefficient (Wildman–Crippen LogP) is 3.56. The zero-order valence-corrected chi connectivity index (χ0v) is 17.5. The summed E-state index contributed by atoms with van der Waals surface area (Å²) < 4.78 is 0.898. The van der Waals surface area contributed by atoms with E-state index in [-0.39, 0.29) is 0 Å². The van der Waals surface area contributed by atoms with Crippen LogP contribution in [0.25, 0.3) is 32.6 Å². The van der Waals surface area contributed by atoms with E-state index >= 15 is 0 Å². The zero-order valence-electron chi connectivity index (χ0n) is 16.7. The fraction of sp³-hybridized carbons (Fsp3) is 0.190. The Kier molecular flexibility index (Phi) is 4.92. The smallest absolute Gasteiger partial charge is 0.320 e. The molecule has 0 saturated carbocycles. The van der Waals surface area contributed by atoms with Crippen molar-refractivity contribution in [2.24, 2.45) is 5.73 Å². The van der Waals surface area contributed by atoms with Crippen molar-refractivity contribution in [3.8, 4) is 22.4 Å². The van der Waals surface area contributed by atoms with Crippen LogP contribution in [-0.4, -0.2) is 38.1 Å². The first-order valence-electron chi connectivity index (χ1n) is 9.18. The van der Waals surface area contributed by atoms with E-state index in [1.54, 1.807) is 39.5 Å². The third kappa shape index (κ3) is 3.72. The molecule has 30 heavy (non-hydrogen) atoms. The molecule has 0 bridgehead atoms. The molecular weight excluding hydrogens is 400 g/mol. The molecule has 0 aliphatic carbocycles. The van der Waals surface area contributed by atoms with E-state index in [1.807, 2.05) is 30.3 Å². The molecule has 0 fully saturated rings. The highest BCUT2D eigenvalue weighted by molar-refractivity contribution is 7.23. The fourth-order valence-corrected chi connectivity index (χ4v) is 3.97. The quantitative estimate of drug-likeness (QED) is 0.521. The molecule has 0 saturated heterocycles. The van der Waals surface area contributed by atoms with Crippen molar-refractivity contribution in [2.75, 3.05) is 11.9 Å². The Hall–Kier alpha value is -3.43. The highest BCUT2D eigenvalue weighted by Crippen LogP contribution is 2.38. The van der Waals surface area contributed by atoms with Gasteiger partial charge in [-0.15, -0.1) is 0 Å². The second kappa shape index (κ2) is 7.43. The number of aromatic nitrogens is 4. The van der Waals surface area contributed by atoms with Crippen LogP contribution in [0.2, 0.25) is 0 Å². The number of pyridine rings is 1. The number of carbonyl (C=O) groups is 1. The Morgan fingerprint density at radius 2 is 1.87 bits per heavy atom. The van der Waals surface area contributed by atoms with Crippen molar-refractivity contribution in [3.05, 3.63) is 54.7 Å². The Labute approximate surface area is 177 Å². The minimum Gasteiger partial charge on any atom is -0.382 e.